The number of amides is 1. The Morgan fingerprint density at radius 3 is 2.38 bits per heavy atom. The first kappa shape index (κ1) is 26.9. The molecule has 0 aliphatic carbocycles. The third-order valence-electron chi connectivity index (χ3n) is 4.39. The van der Waals surface area contributed by atoms with Gasteiger partial charge in [-0.15, -0.1) is 0 Å². The highest BCUT2D eigenvalue weighted by molar-refractivity contribution is 7.92. The van der Waals surface area contributed by atoms with Crippen LogP contribution in [-0.2, 0) is 27.5 Å². The first-order valence-electron chi connectivity index (χ1n) is 10.1. The molecule has 0 aliphatic rings. The van der Waals surface area contributed by atoms with Gasteiger partial charge in [0.1, 0.15) is 5.82 Å². The minimum absolute atomic E-state index is 0.0792. The molecule has 0 atom stereocenters. The number of anilines is 2. The molecule has 0 bridgehead atoms. The largest absolute Gasteiger partial charge is 0.416 e. The van der Waals surface area contributed by atoms with Gasteiger partial charge in [-0.3, -0.25) is 9.52 Å². The molecule has 0 unspecified atom stereocenters. The molecule has 2 rings (SSSR count). The van der Waals surface area contributed by atoms with Crippen LogP contribution < -0.4 is 15.4 Å². The second kappa shape index (κ2) is 10.7. The van der Waals surface area contributed by atoms with Crippen molar-refractivity contribution in [2.24, 2.45) is 0 Å². The molecule has 0 spiro atoms. The van der Waals surface area contributed by atoms with E-state index in [9.17, 15) is 30.8 Å². The van der Waals surface area contributed by atoms with Gasteiger partial charge in [-0.05, 0) is 55.3 Å². The molecule has 6 nitrogen and oxygen atoms in total. The molecular weight excluding hydrogens is 474 g/mol. The SMILES string of the molecule is C=Cc1cc(CNC(=O)C=Cc2ccc(C(F)(F)F)cc2NC(C)C)cc(F)c1NS(C)(=O)=O. The Morgan fingerprint density at radius 2 is 1.82 bits per heavy atom. The molecule has 0 fully saturated rings. The Balaban J connectivity index is 2.17. The van der Waals surface area contributed by atoms with Gasteiger partial charge in [0.05, 0.1) is 17.5 Å². The Kier molecular flexibility index (Phi) is 8.49. The molecule has 0 aromatic heterocycles. The summed E-state index contributed by atoms with van der Waals surface area (Å²) in [5, 5.41) is 5.47. The van der Waals surface area contributed by atoms with Gasteiger partial charge in [-0.25, -0.2) is 12.8 Å². The van der Waals surface area contributed by atoms with E-state index >= 15 is 0 Å². The molecule has 3 N–H and O–H groups in total. The maximum atomic E-state index is 14.4. The van der Waals surface area contributed by atoms with Crippen LogP contribution in [0.5, 0.6) is 0 Å². The zero-order valence-corrected chi connectivity index (χ0v) is 19.6. The minimum atomic E-state index is -4.50. The molecule has 1 amide bonds. The van der Waals surface area contributed by atoms with Gasteiger partial charge in [0, 0.05) is 29.9 Å². The van der Waals surface area contributed by atoms with E-state index in [1.807, 2.05) is 0 Å². The van der Waals surface area contributed by atoms with Crippen molar-refractivity contribution in [1.82, 2.24) is 5.32 Å². The van der Waals surface area contributed by atoms with Crippen LogP contribution in [0.1, 0.15) is 36.1 Å². The highest BCUT2D eigenvalue weighted by Crippen LogP contribution is 2.33. The first-order valence-corrected chi connectivity index (χ1v) is 11.9. The van der Waals surface area contributed by atoms with Gasteiger partial charge >= 0.3 is 6.18 Å². The molecule has 11 heteroatoms. The predicted molar refractivity (Wildman–Crippen MR) is 126 cm³/mol. The van der Waals surface area contributed by atoms with Gasteiger partial charge < -0.3 is 10.6 Å². The Labute approximate surface area is 195 Å². The zero-order chi connectivity index (χ0) is 25.7. The summed E-state index contributed by atoms with van der Waals surface area (Å²) < 4.78 is 78.4. The van der Waals surface area contributed by atoms with Crippen molar-refractivity contribution in [2.75, 3.05) is 16.3 Å². The van der Waals surface area contributed by atoms with E-state index in [1.165, 1.54) is 24.3 Å². The molecule has 0 saturated heterocycles. The number of sulfonamides is 1. The fraction of sp³-hybridized carbons (Fsp3) is 0.261. The van der Waals surface area contributed by atoms with Crippen molar-refractivity contribution in [2.45, 2.75) is 32.6 Å². The maximum Gasteiger partial charge on any atom is 0.416 e. The van der Waals surface area contributed by atoms with E-state index in [0.29, 0.717) is 11.1 Å². The highest BCUT2D eigenvalue weighted by Gasteiger charge is 2.31. The number of carbonyl (C=O) groups excluding carboxylic acids is 1. The molecular formula is C23H25F4N3O3S. The summed E-state index contributed by atoms with van der Waals surface area (Å²) in [6.45, 7) is 7.00. The van der Waals surface area contributed by atoms with Crippen molar-refractivity contribution in [3.8, 4) is 0 Å². The lowest BCUT2D eigenvalue weighted by molar-refractivity contribution is -0.137. The minimum Gasteiger partial charge on any atom is -0.382 e. The van der Waals surface area contributed by atoms with Crippen LogP contribution in [0.2, 0.25) is 0 Å². The van der Waals surface area contributed by atoms with Crippen molar-refractivity contribution < 1.29 is 30.8 Å². The smallest absolute Gasteiger partial charge is 0.382 e. The standard InChI is InChI=1S/C23H25F4N3O3S/c1-5-16-10-15(11-19(24)22(16)30-34(4,32)33)13-28-21(31)9-7-17-6-8-18(23(25,26)27)12-20(17)29-14(2)3/h5-12,14,29-30H,1,13H2,2-4H3,(H,28,31). The molecule has 2 aromatic rings. The predicted octanol–water partition coefficient (Wildman–Crippen LogP) is 5.01. The number of nitrogens with one attached hydrogen (secondary N) is 3. The van der Waals surface area contributed by atoms with Crippen LogP contribution >= 0.6 is 0 Å². The van der Waals surface area contributed by atoms with Crippen molar-refractivity contribution >= 4 is 39.5 Å². The number of hydrogen-bond acceptors (Lipinski definition) is 4. The van der Waals surface area contributed by atoms with Crippen LogP contribution in [0.15, 0.2) is 43.0 Å². The molecule has 34 heavy (non-hydrogen) atoms. The second-order valence-electron chi connectivity index (χ2n) is 7.77. The van der Waals surface area contributed by atoms with Crippen molar-refractivity contribution in [3.63, 3.8) is 0 Å². The summed E-state index contributed by atoms with van der Waals surface area (Å²) in [4.78, 5) is 12.2. The second-order valence-corrected chi connectivity index (χ2v) is 9.52. The highest BCUT2D eigenvalue weighted by atomic mass is 32.2. The number of alkyl halides is 3. The summed E-state index contributed by atoms with van der Waals surface area (Å²) in [5.74, 6) is -1.40. The van der Waals surface area contributed by atoms with Gasteiger partial charge in [0.2, 0.25) is 15.9 Å². The lowest BCUT2D eigenvalue weighted by Gasteiger charge is -2.16. The average molecular weight is 500 g/mol. The van der Waals surface area contributed by atoms with Crippen LogP contribution in [0, 0.1) is 5.82 Å². The quantitative estimate of drug-likeness (QED) is 0.334. The third kappa shape index (κ3) is 7.91. The van der Waals surface area contributed by atoms with E-state index in [4.69, 9.17) is 0 Å². The van der Waals surface area contributed by atoms with Crippen molar-refractivity contribution in [3.05, 3.63) is 71.1 Å². The van der Waals surface area contributed by atoms with Gasteiger partial charge in [-0.2, -0.15) is 13.2 Å². The fourth-order valence-electron chi connectivity index (χ4n) is 2.97. The number of halogens is 4. The summed E-state index contributed by atoms with van der Waals surface area (Å²) in [7, 11) is -3.71. The maximum absolute atomic E-state index is 14.4. The van der Waals surface area contributed by atoms with Gasteiger partial charge in [0.15, 0.2) is 0 Å². The van der Waals surface area contributed by atoms with Crippen LogP contribution in [0.4, 0.5) is 28.9 Å². The van der Waals surface area contributed by atoms with Crippen LogP contribution in [-0.4, -0.2) is 26.6 Å². The number of hydrogen-bond donors (Lipinski definition) is 3. The van der Waals surface area contributed by atoms with Gasteiger partial charge in [0.25, 0.3) is 0 Å². The number of benzene rings is 2. The molecule has 0 radical (unpaired) electrons. The lowest BCUT2D eigenvalue weighted by atomic mass is 10.1. The summed E-state index contributed by atoms with van der Waals surface area (Å²) in [6, 6.07) is 5.56. The van der Waals surface area contributed by atoms with E-state index < -0.39 is 33.5 Å². The summed E-state index contributed by atoms with van der Waals surface area (Å²) >= 11 is 0. The van der Waals surface area contributed by atoms with E-state index in [2.05, 4.69) is 21.9 Å². The number of rotatable bonds is 9. The Morgan fingerprint density at radius 1 is 1.15 bits per heavy atom. The first-order chi connectivity index (χ1) is 15.7. The molecule has 0 saturated carbocycles. The summed E-state index contributed by atoms with van der Waals surface area (Å²) in [6.07, 6.45) is 0.181. The number of carbonyl (C=O) groups is 1. The van der Waals surface area contributed by atoms with E-state index in [0.717, 1.165) is 30.5 Å². The third-order valence-corrected chi connectivity index (χ3v) is 4.97. The van der Waals surface area contributed by atoms with Crippen molar-refractivity contribution in [1.29, 1.82) is 0 Å². The topological polar surface area (TPSA) is 87.3 Å². The Hall–Kier alpha value is -3.34. The normalized spacial score (nSPS) is 12.1. The zero-order valence-electron chi connectivity index (χ0n) is 18.8. The average Bonchev–Trinajstić information content (AvgIpc) is 2.70. The molecule has 0 heterocycles. The lowest BCUT2D eigenvalue weighted by Crippen LogP contribution is -2.21. The van der Waals surface area contributed by atoms with Gasteiger partial charge in [-0.1, -0.05) is 18.7 Å². The summed E-state index contributed by atoms with van der Waals surface area (Å²) in [5.41, 5.74) is 0.0870. The van der Waals surface area contributed by atoms with E-state index in [-0.39, 0.29) is 29.5 Å². The Bertz CT molecular complexity index is 1210. The molecule has 2 aromatic carbocycles. The molecule has 184 valence electrons. The molecule has 0 aliphatic heterocycles. The van der Waals surface area contributed by atoms with Crippen LogP contribution in [0.25, 0.3) is 12.2 Å². The van der Waals surface area contributed by atoms with E-state index in [1.54, 1.807) is 13.8 Å². The monoisotopic (exact) mass is 499 g/mol. The fourth-order valence-corrected chi connectivity index (χ4v) is 3.56. The van der Waals surface area contributed by atoms with Crippen LogP contribution in [0.3, 0.4) is 0 Å².